The van der Waals surface area contributed by atoms with Crippen molar-refractivity contribution in [2.45, 2.75) is 23.4 Å². The number of halogens is 3. The van der Waals surface area contributed by atoms with Gasteiger partial charge in [0.1, 0.15) is 0 Å². The van der Waals surface area contributed by atoms with Crippen molar-refractivity contribution in [2.24, 2.45) is 5.14 Å². The van der Waals surface area contributed by atoms with Crippen molar-refractivity contribution in [1.82, 2.24) is 0 Å². The van der Waals surface area contributed by atoms with Crippen LogP contribution in [0.3, 0.4) is 0 Å². The summed E-state index contributed by atoms with van der Waals surface area (Å²) >= 11 is 0. The Morgan fingerprint density at radius 1 is 0.920 bits per heavy atom. The van der Waals surface area contributed by atoms with Crippen molar-refractivity contribution < 1.29 is 30.0 Å². The smallest absolute Gasteiger partial charge is 0.271 e. The van der Waals surface area contributed by atoms with E-state index in [1.807, 2.05) is 0 Å². The summed E-state index contributed by atoms with van der Waals surface area (Å²) in [7, 11) is -7.53. The maximum absolute atomic E-state index is 12.4. The molecule has 0 saturated carbocycles. The monoisotopic (exact) mass is 396 g/mol. The molecule has 2 aromatic carbocycles. The van der Waals surface area contributed by atoms with Gasteiger partial charge in [-0.2, -0.15) is 21.6 Å². The third-order valence-corrected chi connectivity index (χ3v) is 5.09. The summed E-state index contributed by atoms with van der Waals surface area (Å²) in [6.45, 7) is -2.07. The van der Waals surface area contributed by atoms with Crippen molar-refractivity contribution in [1.29, 1.82) is 0 Å². The van der Waals surface area contributed by atoms with Crippen molar-refractivity contribution in [2.75, 3.05) is 4.72 Å². The van der Waals surface area contributed by atoms with Gasteiger partial charge in [0, 0.05) is 0 Å². The minimum atomic E-state index is -3.90. The van der Waals surface area contributed by atoms with Crippen LogP contribution in [-0.2, 0) is 20.0 Å². The molecule has 0 aromatic heterocycles. The van der Waals surface area contributed by atoms with Crippen LogP contribution in [-0.4, -0.2) is 23.5 Å². The number of nitrogens with one attached hydrogen (secondary N) is 1. The zero-order valence-corrected chi connectivity index (χ0v) is 14.5. The molecule has 2 aromatic rings. The van der Waals surface area contributed by atoms with E-state index in [4.69, 9.17) is 5.14 Å². The molecule has 138 valence electrons. The van der Waals surface area contributed by atoms with Gasteiger partial charge >= 0.3 is 6.68 Å². The molecule has 0 aliphatic carbocycles. The molecule has 0 atom stereocenters. The van der Waals surface area contributed by atoms with Crippen LogP contribution in [0.5, 0.6) is 0 Å². The fourth-order valence-electron chi connectivity index (χ4n) is 1.81. The summed E-state index contributed by atoms with van der Waals surface area (Å²) in [5, 5.41) is 4.89. The maximum Gasteiger partial charge on any atom is 0.379 e. The molecule has 0 fully saturated rings. The van der Waals surface area contributed by atoms with Crippen molar-refractivity contribution in [3.05, 3.63) is 54.1 Å². The summed E-state index contributed by atoms with van der Waals surface area (Å²) in [5.74, 6) is 0. The molecular formula is C14H15F3N2O4S2. The van der Waals surface area contributed by atoms with Crippen LogP contribution in [0, 0.1) is 6.92 Å². The maximum atomic E-state index is 12.4. The molecular weight excluding hydrogens is 381 g/mol. The van der Waals surface area contributed by atoms with Crippen molar-refractivity contribution in [3.8, 4) is 0 Å². The molecule has 0 heterocycles. The number of alkyl halides is 3. The first kappa shape index (κ1) is 20.9. The lowest BCUT2D eigenvalue weighted by Crippen LogP contribution is -2.22. The van der Waals surface area contributed by atoms with Gasteiger partial charge in [-0.05, 0) is 42.8 Å². The number of nitrogens with two attached hydrogens (primary N) is 1. The van der Waals surface area contributed by atoms with Gasteiger partial charge in [-0.1, -0.05) is 18.2 Å². The van der Waals surface area contributed by atoms with E-state index >= 15 is 0 Å². The van der Waals surface area contributed by atoms with E-state index in [1.165, 1.54) is 30.3 Å². The van der Waals surface area contributed by atoms with Crippen LogP contribution in [0.1, 0.15) is 5.56 Å². The van der Waals surface area contributed by atoms with Gasteiger partial charge in [-0.25, -0.2) is 13.6 Å². The molecule has 6 nitrogen and oxygen atoms in total. The highest BCUT2D eigenvalue weighted by Gasteiger charge is 2.18. The lowest BCUT2D eigenvalue weighted by molar-refractivity contribution is 0.00819. The molecule has 0 spiro atoms. The largest absolute Gasteiger partial charge is 0.379 e. The summed E-state index contributed by atoms with van der Waals surface area (Å²) in [6, 6.07) is 12.1. The van der Waals surface area contributed by atoms with E-state index < -0.39 is 26.7 Å². The van der Waals surface area contributed by atoms with Gasteiger partial charge < -0.3 is 0 Å². The molecule has 0 unspecified atom stereocenters. The molecule has 0 amide bonds. The molecule has 25 heavy (non-hydrogen) atoms. The SMILES string of the molecule is Cc1cc(S(=O)(=O)c2ccccc2)ccc1NS(N)(=O)=O.FC(F)F. The zero-order chi connectivity index (χ0) is 19.3. The number of hydrogen-bond donors (Lipinski definition) is 2. The third-order valence-electron chi connectivity index (χ3n) is 2.81. The number of benzene rings is 2. The van der Waals surface area contributed by atoms with E-state index in [0.29, 0.717) is 5.56 Å². The van der Waals surface area contributed by atoms with Crippen LogP contribution in [0.25, 0.3) is 0 Å². The first-order valence-electron chi connectivity index (χ1n) is 6.57. The molecule has 11 heteroatoms. The van der Waals surface area contributed by atoms with Gasteiger partial charge in [0.05, 0.1) is 15.5 Å². The number of hydrogen-bond acceptors (Lipinski definition) is 4. The van der Waals surface area contributed by atoms with E-state index in [9.17, 15) is 30.0 Å². The molecule has 0 aliphatic rings. The van der Waals surface area contributed by atoms with Crippen LogP contribution in [0.15, 0.2) is 58.3 Å². The lowest BCUT2D eigenvalue weighted by Gasteiger charge is -2.10. The Balaban J connectivity index is 0.000000705. The highest BCUT2D eigenvalue weighted by atomic mass is 32.2. The van der Waals surface area contributed by atoms with E-state index in [2.05, 4.69) is 4.72 Å². The fraction of sp³-hybridized carbons (Fsp3) is 0.143. The molecule has 0 aliphatic heterocycles. The van der Waals surface area contributed by atoms with E-state index in [0.717, 1.165) is 0 Å². The van der Waals surface area contributed by atoms with Crippen LogP contribution < -0.4 is 9.86 Å². The average molecular weight is 396 g/mol. The summed E-state index contributed by atoms with van der Waals surface area (Å²) in [6.07, 6.45) is 0. The first-order valence-corrected chi connectivity index (χ1v) is 9.60. The van der Waals surface area contributed by atoms with Crippen LogP contribution in [0.4, 0.5) is 18.9 Å². The second kappa shape index (κ2) is 8.32. The topological polar surface area (TPSA) is 106 Å². The van der Waals surface area contributed by atoms with E-state index in [1.54, 1.807) is 25.1 Å². The number of sulfone groups is 1. The average Bonchev–Trinajstić information content (AvgIpc) is 2.48. The minimum Gasteiger partial charge on any atom is -0.271 e. The summed E-state index contributed by atoms with van der Waals surface area (Å²) in [4.78, 5) is 0.266. The Labute approximate surface area is 143 Å². The Bertz CT molecular complexity index is 916. The summed E-state index contributed by atoms with van der Waals surface area (Å²) < 4.78 is 78.0. The van der Waals surface area contributed by atoms with E-state index in [-0.39, 0.29) is 15.5 Å². The Kier molecular flexibility index (Phi) is 6.96. The van der Waals surface area contributed by atoms with Crippen LogP contribution in [0.2, 0.25) is 0 Å². The predicted molar refractivity (Wildman–Crippen MR) is 86.9 cm³/mol. The minimum absolute atomic E-state index is 0.0890. The van der Waals surface area contributed by atoms with Gasteiger partial charge in [0.2, 0.25) is 9.84 Å². The standard InChI is InChI=1S/C13H14N2O4S2.CHF3/c1-10-9-12(7-8-13(10)15-21(14,18)19)20(16,17)11-5-3-2-4-6-11;2-1(3)4/h2-9,15H,1H3,(H2,14,18,19);1H. The quantitative estimate of drug-likeness (QED) is 0.828. The zero-order valence-electron chi connectivity index (χ0n) is 12.9. The van der Waals surface area contributed by atoms with Crippen molar-refractivity contribution >= 4 is 25.7 Å². The van der Waals surface area contributed by atoms with Crippen LogP contribution >= 0.6 is 0 Å². The number of aryl methyl sites for hydroxylation is 1. The van der Waals surface area contributed by atoms with Gasteiger partial charge in [-0.15, -0.1) is 0 Å². The van der Waals surface area contributed by atoms with Crippen molar-refractivity contribution in [3.63, 3.8) is 0 Å². The predicted octanol–water partition coefficient (Wildman–Crippen LogP) is 2.62. The lowest BCUT2D eigenvalue weighted by atomic mass is 10.2. The van der Waals surface area contributed by atoms with Gasteiger partial charge in [0.15, 0.2) is 0 Å². The Hall–Kier alpha value is -2.11. The second-order valence-electron chi connectivity index (χ2n) is 4.69. The van der Waals surface area contributed by atoms with Gasteiger partial charge in [0.25, 0.3) is 10.2 Å². The molecule has 0 bridgehead atoms. The first-order chi connectivity index (χ1) is 11.4. The normalized spacial score (nSPS) is 11.6. The number of anilines is 1. The second-order valence-corrected chi connectivity index (χ2v) is 7.93. The number of rotatable bonds is 4. The highest BCUT2D eigenvalue weighted by Crippen LogP contribution is 2.25. The van der Waals surface area contributed by atoms with Gasteiger partial charge in [-0.3, -0.25) is 4.72 Å². The molecule has 0 radical (unpaired) electrons. The third kappa shape index (κ3) is 6.72. The molecule has 3 N–H and O–H groups in total. The Morgan fingerprint density at radius 2 is 1.44 bits per heavy atom. The highest BCUT2D eigenvalue weighted by molar-refractivity contribution is 7.91. The molecule has 2 rings (SSSR count). The summed E-state index contributed by atoms with van der Waals surface area (Å²) in [5.41, 5.74) is 0.700. The fourth-order valence-corrected chi connectivity index (χ4v) is 3.71. The molecule has 0 saturated heterocycles. The Morgan fingerprint density at radius 3 is 1.88 bits per heavy atom.